The summed E-state index contributed by atoms with van der Waals surface area (Å²) >= 11 is 3.45. The Balaban J connectivity index is 2.73. The fourth-order valence-corrected chi connectivity index (χ4v) is 2.59. The average molecular weight is 341 g/mol. The zero-order valence-corrected chi connectivity index (χ0v) is 14.4. The van der Waals surface area contributed by atoms with Crippen LogP contribution in [-0.2, 0) is 4.79 Å². The number of hydrogen-bond acceptors (Lipinski definition) is 2. The van der Waals surface area contributed by atoms with E-state index in [0.717, 1.165) is 24.0 Å². The minimum absolute atomic E-state index is 0.163. The van der Waals surface area contributed by atoms with E-state index in [-0.39, 0.29) is 18.0 Å². The summed E-state index contributed by atoms with van der Waals surface area (Å²) < 4.78 is 1.07. The molecule has 0 saturated carbocycles. The Bertz CT molecular complexity index is 415. The fourth-order valence-electron chi connectivity index (χ4n) is 2.33. The molecule has 1 aromatic carbocycles. The zero-order valence-electron chi connectivity index (χ0n) is 12.8. The van der Waals surface area contributed by atoms with Crippen LogP contribution in [-0.4, -0.2) is 29.9 Å². The second-order valence-corrected chi connectivity index (χ2v) is 5.83. The maximum atomic E-state index is 12.3. The molecule has 0 saturated heterocycles. The lowest BCUT2D eigenvalue weighted by atomic mass is 10.0. The van der Waals surface area contributed by atoms with Crippen LogP contribution < -0.4 is 5.32 Å². The largest absolute Gasteiger partial charge is 0.342 e. The highest BCUT2D eigenvalue weighted by atomic mass is 79.9. The third-order valence-electron chi connectivity index (χ3n) is 3.58. The topological polar surface area (TPSA) is 32.3 Å². The molecule has 1 amide bonds. The molecule has 1 aromatic rings. The number of amides is 1. The van der Waals surface area contributed by atoms with E-state index in [2.05, 4.69) is 40.3 Å². The minimum atomic E-state index is -0.163. The van der Waals surface area contributed by atoms with Gasteiger partial charge in [0.15, 0.2) is 0 Å². The van der Waals surface area contributed by atoms with Crippen molar-refractivity contribution >= 4 is 21.8 Å². The summed E-state index contributed by atoms with van der Waals surface area (Å²) in [6.45, 7) is 9.63. The average Bonchev–Trinajstić information content (AvgIpc) is 2.46. The normalized spacial score (nSPS) is 13.8. The van der Waals surface area contributed by atoms with Gasteiger partial charge in [-0.2, -0.15) is 0 Å². The smallest absolute Gasteiger partial charge is 0.239 e. The maximum absolute atomic E-state index is 12.3. The summed E-state index contributed by atoms with van der Waals surface area (Å²) in [5.41, 5.74) is 1.22. The highest BCUT2D eigenvalue weighted by Crippen LogP contribution is 2.20. The van der Waals surface area contributed by atoms with Crippen molar-refractivity contribution in [3.63, 3.8) is 0 Å². The summed E-state index contributed by atoms with van der Waals surface area (Å²) in [6.07, 6.45) is 0.956. The van der Waals surface area contributed by atoms with Gasteiger partial charge < -0.3 is 4.90 Å². The second-order valence-electron chi connectivity index (χ2n) is 4.91. The van der Waals surface area contributed by atoms with Crippen LogP contribution in [0.4, 0.5) is 0 Å². The highest BCUT2D eigenvalue weighted by molar-refractivity contribution is 9.10. The van der Waals surface area contributed by atoms with Crippen molar-refractivity contribution in [2.75, 3.05) is 13.1 Å². The number of nitrogens with zero attached hydrogens (tertiary/aromatic N) is 1. The van der Waals surface area contributed by atoms with Crippen LogP contribution in [0, 0.1) is 0 Å². The van der Waals surface area contributed by atoms with Gasteiger partial charge in [0, 0.05) is 23.6 Å². The summed E-state index contributed by atoms with van der Waals surface area (Å²) in [4.78, 5) is 14.2. The maximum Gasteiger partial charge on any atom is 0.239 e. The molecule has 0 heterocycles. The molecule has 0 aliphatic carbocycles. The summed E-state index contributed by atoms with van der Waals surface area (Å²) in [5.74, 6) is 0.172. The second kappa shape index (κ2) is 8.42. The number of carbonyl (C=O) groups excluding carboxylic acids is 1. The van der Waals surface area contributed by atoms with E-state index in [0.29, 0.717) is 0 Å². The molecule has 0 spiro atoms. The minimum Gasteiger partial charge on any atom is -0.342 e. The molecule has 1 N–H and O–H groups in total. The Morgan fingerprint density at radius 2 is 1.75 bits per heavy atom. The molecule has 2 atom stereocenters. The monoisotopic (exact) mass is 340 g/mol. The van der Waals surface area contributed by atoms with Gasteiger partial charge in [-0.05, 0) is 44.9 Å². The number of halogens is 1. The molecule has 3 nitrogen and oxygen atoms in total. The fraction of sp³-hybridized carbons (Fsp3) is 0.562. The third-order valence-corrected chi connectivity index (χ3v) is 4.11. The molecule has 0 aliphatic rings. The SMILES string of the molecule is CCC(NC(C)C(=O)N(CC)CC)c1ccc(Br)cc1. The van der Waals surface area contributed by atoms with Crippen LogP contribution in [0.3, 0.4) is 0 Å². The van der Waals surface area contributed by atoms with Crippen molar-refractivity contribution in [2.45, 2.75) is 46.2 Å². The summed E-state index contributed by atoms with van der Waals surface area (Å²) in [5, 5.41) is 3.44. The van der Waals surface area contributed by atoms with E-state index < -0.39 is 0 Å². The van der Waals surface area contributed by atoms with Crippen molar-refractivity contribution in [2.24, 2.45) is 0 Å². The van der Waals surface area contributed by atoms with Crippen molar-refractivity contribution in [1.29, 1.82) is 0 Å². The van der Waals surface area contributed by atoms with Gasteiger partial charge in [-0.3, -0.25) is 10.1 Å². The van der Waals surface area contributed by atoms with E-state index in [1.165, 1.54) is 5.56 Å². The molecule has 20 heavy (non-hydrogen) atoms. The Labute approximate surface area is 130 Å². The van der Waals surface area contributed by atoms with E-state index in [1.807, 2.05) is 37.8 Å². The van der Waals surface area contributed by atoms with Crippen LogP contribution in [0.1, 0.15) is 45.7 Å². The molecular weight excluding hydrogens is 316 g/mol. The number of likely N-dealkylation sites (N-methyl/N-ethyl adjacent to an activating group) is 1. The highest BCUT2D eigenvalue weighted by Gasteiger charge is 2.21. The predicted molar refractivity (Wildman–Crippen MR) is 87.7 cm³/mol. The van der Waals surface area contributed by atoms with E-state index in [1.54, 1.807) is 0 Å². The van der Waals surface area contributed by atoms with Crippen LogP contribution in [0.15, 0.2) is 28.7 Å². The predicted octanol–water partition coefficient (Wildman–Crippen LogP) is 3.75. The van der Waals surface area contributed by atoms with E-state index in [4.69, 9.17) is 0 Å². The van der Waals surface area contributed by atoms with Gasteiger partial charge in [0.25, 0.3) is 0 Å². The quantitative estimate of drug-likeness (QED) is 0.819. The third kappa shape index (κ3) is 4.60. The molecule has 1 rings (SSSR count). The molecule has 112 valence electrons. The first-order valence-electron chi connectivity index (χ1n) is 7.33. The van der Waals surface area contributed by atoms with Crippen molar-refractivity contribution in [3.8, 4) is 0 Å². The first-order chi connectivity index (χ1) is 9.53. The zero-order chi connectivity index (χ0) is 15.1. The van der Waals surface area contributed by atoms with Gasteiger partial charge >= 0.3 is 0 Å². The lowest BCUT2D eigenvalue weighted by Crippen LogP contribution is -2.45. The van der Waals surface area contributed by atoms with Gasteiger partial charge in [0.1, 0.15) is 0 Å². The van der Waals surface area contributed by atoms with Crippen LogP contribution in [0.5, 0.6) is 0 Å². The van der Waals surface area contributed by atoms with Crippen LogP contribution in [0.2, 0.25) is 0 Å². The van der Waals surface area contributed by atoms with Crippen molar-refractivity contribution < 1.29 is 4.79 Å². The molecule has 2 unspecified atom stereocenters. The van der Waals surface area contributed by atoms with Crippen LogP contribution in [0.25, 0.3) is 0 Å². The summed E-state index contributed by atoms with van der Waals surface area (Å²) in [6, 6.07) is 8.31. The lowest BCUT2D eigenvalue weighted by molar-refractivity contribution is -0.132. The van der Waals surface area contributed by atoms with Crippen molar-refractivity contribution in [3.05, 3.63) is 34.3 Å². The molecule has 4 heteroatoms. The van der Waals surface area contributed by atoms with Gasteiger partial charge in [-0.1, -0.05) is 35.0 Å². The number of carbonyl (C=O) groups is 1. The molecule has 0 bridgehead atoms. The van der Waals surface area contributed by atoms with E-state index in [9.17, 15) is 4.79 Å². The molecular formula is C16H25BrN2O. The first kappa shape index (κ1) is 17.2. The standard InChI is InChI=1S/C16H25BrN2O/c1-5-15(13-8-10-14(17)11-9-13)18-12(4)16(20)19(6-2)7-3/h8-12,15,18H,5-7H2,1-4H3. The van der Waals surface area contributed by atoms with Crippen LogP contribution >= 0.6 is 15.9 Å². The molecule has 0 fully saturated rings. The van der Waals surface area contributed by atoms with Gasteiger partial charge in [0.05, 0.1) is 6.04 Å². The van der Waals surface area contributed by atoms with Gasteiger partial charge in [-0.25, -0.2) is 0 Å². The Morgan fingerprint density at radius 1 is 1.20 bits per heavy atom. The van der Waals surface area contributed by atoms with E-state index >= 15 is 0 Å². The Morgan fingerprint density at radius 3 is 2.20 bits per heavy atom. The Hall–Kier alpha value is -0.870. The van der Waals surface area contributed by atoms with Crippen molar-refractivity contribution in [1.82, 2.24) is 10.2 Å². The molecule has 0 aromatic heterocycles. The van der Waals surface area contributed by atoms with Gasteiger partial charge in [0.2, 0.25) is 5.91 Å². The molecule has 0 aliphatic heterocycles. The molecule has 0 radical (unpaired) electrons. The number of benzene rings is 1. The summed E-state index contributed by atoms with van der Waals surface area (Å²) in [7, 11) is 0. The number of nitrogens with one attached hydrogen (secondary N) is 1. The van der Waals surface area contributed by atoms with Gasteiger partial charge in [-0.15, -0.1) is 0 Å². The first-order valence-corrected chi connectivity index (χ1v) is 8.13. The number of rotatable bonds is 7. The number of hydrogen-bond donors (Lipinski definition) is 1. The lowest BCUT2D eigenvalue weighted by Gasteiger charge is -2.27. The Kier molecular flexibility index (Phi) is 7.24.